The van der Waals surface area contributed by atoms with Crippen molar-refractivity contribution in [3.05, 3.63) is 29.6 Å². The first-order chi connectivity index (χ1) is 8.36. The minimum Gasteiger partial charge on any atom is -0.396 e. The van der Waals surface area contributed by atoms with Gasteiger partial charge in [-0.3, -0.25) is 0 Å². The summed E-state index contributed by atoms with van der Waals surface area (Å²) in [5.41, 5.74) is 0.498. The largest absolute Gasteiger partial charge is 0.396 e. The summed E-state index contributed by atoms with van der Waals surface area (Å²) in [6, 6.07) is 3.37. The third-order valence-electron chi connectivity index (χ3n) is 2.59. The molecular formula is C12H18FNO3S. The fraction of sp³-hybridized carbons (Fsp3) is 0.500. The molecule has 0 amide bonds. The molecule has 6 heteroatoms. The predicted octanol–water partition coefficient (Wildman–Crippen LogP) is 1.57. The molecule has 0 heterocycles. The van der Waals surface area contributed by atoms with E-state index in [1.54, 1.807) is 13.8 Å². The van der Waals surface area contributed by atoms with Gasteiger partial charge < -0.3 is 5.11 Å². The third kappa shape index (κ3) is 4.04. The van der Waals surface area contributed by atoms with E-state index in [0.29, 0.717) is 18.4 Å². The molecule has 0 saturated carbocycles. The molecule has 0 spiro atoms. The van der Waals surface area contributed by atoms with Gasteiger partial charge in [-0.05, 0) is 44.4 Å². The maximum atomic E-state index is 13.1. The molecule has 102 valence electrons. The van der Waals surface area contributed by atoms with Crippen molar-refractivity contribution in [1.82, 2.24) is 4.72 Å². The van der Waals surface area contributed by atoms with Crippen LogP contribution < -0.4 is 4.72 Å². The fourth-order valence-corrected chi connectivity index (χ4v) is 3.18. The summed E-state index contributed by atoms with van der Waals surface area (Å²) in [4.78, 5) is -0.0432. The van der Waals surface area contributed by atoms with Crippen LogP contribution in [0.25, 0.3) is 0 Å². The lowest BCUT2D eigenvalue weighted by Gasteiger charge is -2.15. The summed E-state index contributed by atoms with van der Waals surface area (Å²) in [6.07, 6.45) is 1.05. The Labute approximate surface area is 107 Å². The van der Waals surface area contributed by atoms with E-state index in [1.807, 2.05) is 0 Å². The van der Waals surface area contributed by atoms with Gasteiger partial charge in [-0.1, -0.05) is 6.07 Å². The minimum absolute atomic E-state index is 0.0189. The Morgan fingerprint density at radius 1 is 1.44 bits per heavy atom. The van der Waals surface area contributed by atoms with Gasteiger partial charge in [0.05, 0.1) is 4.90 Å². The number of halogens is 1. The highest BCUT2D eigenvalue weighted by molar-refractivity contribution is 7.89. The van der Waals surface area contributed by atoms with Crippen LogP contribution in [0.3, 0.4) is 0 Å². The van der Waals surface area contributed by atoms with Gasteiger partial charge >= 0.3 is 0 Å². The topological polar surface area (TPSA) is 66.4 Å². The van der Waals surface area contributed by atoms with Gasteiger partial charge in [-0.2, -0.15) is 0 Å². The van der Waals surface area contributed by atoms with Gasteiger partial charge in [0.25, 0.3) is 0 Å². The van der Waals surface area contributed by atoms with E-state index in [4.69, 9.17) is 5.11 Å². The van der Waals surface area contributed by atoms with Crippen molar-refractivity contribution in [2.45, 2.75) is 37.6 Å². The molecule has 4 nitrogen and oxygen atoms in total. The molecule has 0 radical (unpaired) electrons. The zero-order valence-corrected chi connectivity index (χ0v) is 11.3. The highest BCUT2D eigenvalue weighted by atomic mass is 32.2. The zero-order chi connectivity index (χ0) is 13.8. The van der Waals surface area contributed by atoms with Gasteiger partial charge in [0.1, 0.15) is 5.82 Å². The lowest BCUT2D eigenvalue weighted by molar-refractivity contribution is 0.279. The first-order valence-electron chi connectivity index (χ1n) is 5.76. The van der Waals surface area contributed by atoms with E-state index in [9.17, 15) is 12.8 Å². The van der Waals surface area contributed by atoms with Crippen LogP contribution in [0.15, 0.2) is 23.1 Å². The summed E-state index contributed by atoms with van der Waals surface area (Å²) in [6.45, 7) is 3.35. The van der Waals surface area contributed by atoms with Crippen LogP contribution in [-0.4, -0.2) is 26.2 Å². The maximum Gasteiger partial charge on any atom is 0.241 e. The molecular weight excluding hydrogens is 257 g/mol. The molecule has 1 unspecified atom stereocenters. The Kier molecular flexibility index (Phi) is 5.25. The lowest BCUT2D eigenvalue weighted by Crippen LogP contribution is -2.33. The molecule has 0 aliphatic rings. The average molecular weight is 275 g/mol. The number of aryl methyl sites for hydroxylation is 1. The minimum atomic E-state index is -3.71. The summed E-state index contributed by atoms with van der Waals surface area (Å²) in [5, 5.41) is 8.68. The number of aliphatic hydroxyl groups is 1. The monoisotopic (exact) mass is 275 g/mol. The molecule has 18 heavy (non-hydrogen) atoms. The number of aliphatic hydroxyl groups excluding tert-OH is 1. The molecule has 1 atom stereocenters. The first kappa shape index (κ1) is 15.1. The number of nitrogens with one attached hydrogen (secondary N) is 1. The van der Waals surface area contributed by atoms with E-state index in [2.05, 4.69) is 4.72 Å². The number of hydrogen-bond donors (Lipinski definition) is 2. The van der Waals surface area contributed by atoms with Crippen LogP contribution in [0, 0.1) is 12.7 Å². The third-order valence-corrected chi connectivity index (χ3v) is 4.32. The quantitative estimate of drug-likeness (QED) is 0.828. The number of sulfonamides is 1. The molecule has 0 bridgehead atoms. The molecule has 0 fully saturated rings. The van der Waals surface area contributed by atoms with E-state index in [0.717, 1.165) is 6.07 Å². The van der Waals surface area contributed by atoms with E-state index < -0.39 is 15.8 Å². The van der Waals surface area contributed by atoms with Gasteiger partial charge in [-0.15, -0.1) is 0 Å². The van der Waals surface area contributed by atoms with Crippen LogP contribution in [0.5, 0.6) is 0 Å². The Balaban J connectivity index is 2.89. The first-order valence-corrected chi connectivity index (χ1v) is 7.24. The van der Waals surface area contributed by atoms with Gasteiger partial charge in [-0.25, -0.2) is 17.5 Å². The Hall–Kier alpha value is -0.980. The van der Waals surface area contributed by atoms with Gasteiger partial charge in [0, 0.05) is 12.6 Å². The molecule has 0 aromatic heterocycles. The van der Waals surface area contributed by atoms with Crippen LogP contribution in [0.2, 0.25) is 0 Å². The molecule has 0 aliphatic heterocycles. The van der Waals surface area contributed by atoms with Crippen molar-refractivity contribution < 1.29 is 17.9 Å². The van der Waals surface area contributed by atoms with Crippen molar-refractivity contribution >= 4 is 10.0 Å². The molecule has 0 aliphatic carbocycles. The lowest BCUT2D eigenvalue weighted by atomic mass is 10.2. The second-order valence-corrected chi connectivity index (χ2v) is 5.98. The fourth-order valence-electron chi connectivity index (χ4n) is 1.65. The van der Waals surface area contributed by atoms with Crippen molar-refractivity contribution in [1.29, 1.82) is 0 Å². The second-order valence-electron chi connectivity index (χ2n) is 4.30. The summed E-state index contributed by atoms with van der Waals surface area (Å²) in [5.74, 6) is -0.580. The van der Waals surface area contributed by atoms with Crippen molar-refractivity contribution in [2.75, 3.05) is 6.61 Å². The highest BCUT2D eigenvalue weighted by Crippen LogP contribution is 2.17. The van der Waals surface area contributed by atoms with E-state index in [1.165, 1.54) is 12.1 Å². The summed E-state index contributed by atoms with van der Waals surface area (Å²) < 4.78 is 39.6. The smallest absolute Gasteiger partial charge is 0.241 e. The van der Waals surface area contributed by atoms with Crippen LogP contribution >= 0.6 is 0 Å². The highest BCUT2D eigenvalue weighted by Gasteiger charge is 2.19. The van der Waals surface area contributed by atoms with Crippen molar-refractivity contribution in [2.24, 2.45) is 0 Å². The van der Waals surface area contributed by atoms with Gasteiger partial charge in [0.15, 0.2) is 0 Å². The molecule has 1 rings (SSSR count). The number of rotatable bonds is 6. The maximum absolute atomic E-state index is 13.1. The van der Waals surface area contributed by atoms with Crippen molar-refractivity contribution in [3.8, 4) is 0 Å². The predicted molar refractivity (Wildman–Crippen MR) is 67.2 cm³/mol. The SMILES string of the molecule is Cc1ccc(F)cc1S(=O)(=O)NC(C)CCCO. The molecule has 0 saturated heterocycles. The van der Waals surface area contributed by atoms with Crippen LogP contribution in [-0.2, 0) is 10.0 Å². The number of hydrogen-bond acceptors (Lipinski definition) is 3. The molecule has 1 aromatic rings. The second kappa shape index (κ2) is 6.26. The molecule has 1 aromatic carbocycles. The van der Waals surface area contributed by atoms with E-state index in [-0.39, 0.29) is 17.5 Å². The standard InChI is InChI=1S/C12H18FNO3S/c1-9-5-6-11(13)8-12(9)18(16,17)14-10(2)4-3-7-15/h5-6,8,10,14-15H,3-4,7H2,1-2H3. The Bertz CT molecular complexity index is 502. The van der Waals surface area contributed by atoms with Gasteiger partial charge in [0.2, 0.25) is 10.0 Å². The average Bonchev–Trinajstić information content (AvgIpc) is 2.29. The Morgan fingerprint density at radius 3 is 2.72 bits per heavy atom. The van der Waals surface area contributed by atoms with E-state index >= 15 is 0 Å². The Morgan fingerprint density at radius 2 is 2.11 bits per heavy atom. The van der Waals surface area contributed by atoms with Crippen molar-refractivity contribution in [3.63, 3.8) is 0 Å². The summed E-state index contributed by atoms with van der Waals surface area (Å²) in [7, 11) is -3.71. The number of benzene rings is 1. The molecule has 2 N–H and O–H groups in total. The summed E-state index contributed by atoms with van der Waals surface area (Å²) >= 11 is 0. The normalized spacial score (nSPS) is 13.6. The zero-order valence-electron chi connectivity index (χ0n) is 10.5. The van der Waals surface area contributed by atoms with Crippen LogP contribution in [0.4, 0.5) is 4.39 Å². The van der Waals surface area contributed by atoms with Crippen LogP contribution in [0.1, 0.15) is 25.3 Å².